The zero-order valence-electron chi connectivity index (χ0n) is 15.4. The molecule has 0 saturated carbocycles. The molecular weight excluding hydrogens is 344 g/mol. The molecule has 0 aliphatic heterocycles. The zero-order valence-corrected chi connectivity index (χ0v) is 15.4. The van der Waals surface area contributed by atoms with Gasteiger partial charge < -0.3 is 9.47 Å². The molecule has 2 aromatic carbocycles. The molecule has 0 amide bonds. The number of hydrogen-bond acceptors (Lipinski definition) is 5. The quantitative estimate of drug-likeness (QED) is 0.629. The Bertz CT molecular complexity index is 1020. The van der Waals surface area contributed by atoms with Gasteiger partial charge in [-0.2, -0.15) is 5.10 Å². The highest BCUT2D eigenvalue weighted by molar-refractivity contribution is 5.95. The van der Waals surface area contributed by atoms with Crippen LogP contribution in [0.5, 0.6) is 11.5 Å². The summed E-state index contributed by atoms with van der Waals surface area (Å²) in [4.78, 5) is 24.6. The van der Waals surface area contributed by atoms with Crippen LogP contribution in [0.1, 0.15) is 15.9 Å². The molecule has 0 radical (unpaired) electrons. The van der Waals surface area contributed by atoms with E-state index in [0.717, 1.165) is 11.1 Å². The maximum atomic E-state index is 12.5. The van der Waals surface area contributed by atoms with E-state index >= 15 is 0 Å². The maximum Gasteiger partial charge on any atom is 0.267 e. The van der Waals surface area contributed by atoms with Gasteiger partial charge in [0.25, 0.3) is 5.56 Å². The lowest BCUT2D eigenvalue weighted by Crippen LogP contribution is -2.26. The van der Waals surface area contributed by atoms with Gasteiger partial charge in [-0.3, -0.25) is 9.59 Å². The third kappa shape index (κ3) is 4.06. The molecule has 0 bridgehead atoms. The van der Waals surface area contributed by atoms with Crippen LogP contribution in [0.4, 0.5) is 0 Å². The zero-order chi connectivity index (χ0) is 19.4. The fourth-order valence-corrected chi connectivity index (χ4v) is 2.68. The Balaban J connectivity index is 1.91. The SMILES string of the molecule is COc1ccc(-c2ccc(=O)n(CC(=O)c3ccc(C)cc3)n2)cc1OC. The predicted octanol–water partition coefficient (Wildman–Crippen LogP) is 3.12. The van der Waals surface area contributed by atoms with Gasteiger partial charge in [0, 0.05) is 17.2 Å². The van der Waals surface area contributed by atoms with Crippen LogP contribution in [-0.4, -0.2) is 29.8 Å². The Morgan fingerprint density at radius 3 is 2.33 bits per heavy atom. The van der Waals surface area contributed by atoms with Crippen molar-refractivity contribution in [3.8, 4) is 22.8 Å². The summed E-state index contributed by atoms with van der Waals surface area (Å²) < 4.78 is 11.7. The van der Waals surface area contributed by atoms with Crippen molar-refractivity contribution >= 4 is 5.78 Å². The van der Waals surface area contributed by atoms with Gasteiger partial charge in [-0.1, -0.05) is 29.8 Å². The van der Waals surface area contributed by atoms with E-state index in [-0.39, 0.29) is 17.9 Å². The third-order valence-electron chi connectivity index (χ3n) is 4.21. The van der Waals surface area contributed by atoms with Crippen molar-refractivity contribution in [1.82, 2.24) is 9.78 Å². The smallest absolute Gasteiger partial charge is 0.267 e. The number of Topliss-reactive ketones (excluding diaryl/α,β-unsaturated/α-hetero) is 1. The van der Waals surface area contributed by atoms with E-state index in [1.165, 1.54) is 10.7 Å². The summed E-state index contributed by atoms with van der Waals surface area (Å²) in [5.41, 5.74) is 2.60. The van der Waals surface area contributed by atoms with Crippen LogP contribution in [0, 0.1) is 6.92 Å². The van der Waals surface area contributed by atoms with Gasteiger partial charge in [-0.05, 0) is 31.2 Å². The Hall–Kier alpha value is -3.41. The summed E-state index contributed by atoms with van der Waals surface area (Å²) >= 11 is 0. The minimum atomic E-state index is -0.334. The van der Waals surface area contributed by atoms with Crippen LogP contribution in [0.25, 0.3) is 11.3 Å². The molecule has 6 nitrogen and oxygen atoms in total. The second-order valence-corrected chi connectivity index (χ2v) is 6.07. The number of aryl methyl sites for hydroxylation is 1. The summed E-state index contributed by atoms with van der Waals surface area (Å²) in [6, 6.07) is 15.6. The average molecular weight is 364 g/mol. The van der Waals surface area contributed by atoms with Crippen LogP contribution in [-0.2, 0) is 6.54 Å². The molecule has 0 fully saturated rings. The lowest BCUT2D eigenvalue weighted by Gasteiger charge is -2.10. The first-order valence-corrected chi connectivity index (χ1v) is 8.42. The number of carbonyl (C=O) groups is 1. The number of hydrogen-bond donors (Lipinski definition) is 0. The largest absolute Gasteiger partial charge is 0.493 e. The molecule has 6 heteroatoms. The number of carbonyl (C=O) groups excluding carboxylic acids is 1. The van der Waals surface area contributed by atoms with Crippen LogP contribution < -0.4 is 15.0 Å². The molecular formula is C21H20N2O4. The van der Waals surface area contributed by atoms with E-state index in [2.05, 4.69) is 5.10 Å². The summed E-state index contributed by atoms with van der Waals surface area (Å²) in [6.07, 6.45) is 0. The number of benzene rings is 2. The fraction of sp³-hybridized carbons (Fsp3) is 0.190. The van der Waals surface area contributed by atoms with Gasteiger partial charge in [0.15, 0.2) is 17.3 Å². The van der Waals surface area contributed by atoms with E-state index in [9.17, 15) is 9.59 Å². The van der Waals surface area contributed by atoms with Gasteiger partial charge in [0.05, 0.1) is 19.9 Å². The van der Waals surface area contributed by atoms with Gasteiger partial charge >= 0.3 is 0 Å². The predicted molar refractivity (Wildman–Crippen MR) is 103 cm³/mol. The van der Waals surface area contributed by atoms with E-state index in [0.29, 0.717) is 22.8 Å². The van der Waals surface area contributed by atoms with Crippen molar-refractivity contribution in [1.29, 1.82) is 0 Å². The second-order valence-electron chi connectivity index (χ2n) is 6.07. The van der Waals surface area contributed by atoms with Crippen molar-refractivity contribution in [2.24, 2.45) is 0 Å². The molecule has 0 unspecified atom stereocenters. The highest BCUT2D eigenvalue weighted by Gasteiger charge is 2.12. The highest BCUT2D eigenvalue weighted by atomic mass is 16.5. The topological polar surface area (TPSA) is 70.4 Å². The van der Waals surface area contributed by atoms with Gasteiger partial charge in [-0.15, -0.1) is 0 Å². The highest BCUT2D eigenvalue weighted by Crippen LogP contribution is 2.31. The first-order valence-electron chi connectivity index (χ1n) is 8.42. The summed E-state index contributed by atoms with van der Waals surface area (Å²) in [5.74, 6) is 0.989. The molecule has 27 heavy (non-hydrogen) atoms. The van der Waals surface area contributed by atoms with E-state index < -0.39 is 0 Å². The molecule has 0 aliphatic carbocycles. The first kappa shape index (κ1) is 18.4. The summed E-state index contributed by atoms with van der Waals surface area (Å²) in [7, 11) is 3.11. The van der Waals surface area contributed by atoms with Crippen molar-refractivity contribution in [2.75, 3.05) is 14.2 Å². The third-order valence-corrected chi connectivity index (χ3v) is 4.21. The molecule has 1 aromatic heterocycles. The van der Waals surface area contributed by atoms with Gasteiger partial charge in [0.2, 0.25) is 0 Å². The van der Waals surface area contributed by atoms with Crippen LogP contribution in [0.2, 0.25) is 0 Å². The molecule has 138 valence electrons. The number of rotatable bonds is 6. The monoisotopic (exact) mass is 364 g/mol. The van der Waals surface area contributed by atoms with Crippen molar-refractivity contribution < 1.29 is 14.3 Å². The minimum Gasteiger partial charge on any atom is -0.493 e. The van der Waals surface area contributed by atoms with E-state index in [4.69, 9.17) is 9.47 Å². The number of methoxy groups -OCH3 is 2. The summed E-state index contributed by atoms with van der Waals surface area (Å²) in [5, 5.41) is 4.34. The number of ether oxygens (including phenoxy) is 2. The molecule has 3 aromatic rings. The maximum absolute atomic E-state index is 12.5. The Morgan fingerprint density at radius 1 is 0.963 bits per heavy atom. The molecule has 0 spiro atoms. The Morgan fingerprint density at radius 2 is 1.67 bits per heavy atom. The molecule has 3 rings (SSSR count). The van der Waals surface area contributed by atoms with Crippen molar-refractivity contribution in [3.05, 3.63) is 76.1 Å². The molecule has 0 N–H and O–H groups in total. The van der Waals surface area contributed by atoms with E-state index in [1.807, 2.05) is 25.1 Å². The van der Waals surface area contributed by atoms with Crippen molar-refractivity contribution in [3.63, 3.8) is 0 Å². The second kappa shape index (κ2) is 7.86. The van der Waals surface area contributed by atoms with Gasteiger partial charge in [0.1, 0.15) is 6.54 Å². The fourth-order valence-electron chi connectivity index (χ4n) is 2.68. The lowest BCUT2D eigenvalue weighted by molar-refractivity contribution is 0.0966. The molecule has 0 atom stereocenters. The Kier molecular flexibility index (Phi) is 5.35. The van der Waals surface area contributed by atoms with E-state index in [1.54, 1.807) is 44.6 Å². The molecule has 1 heterocycles. The molecule has 0 saturated heterocycles. The normalized spacial score (nSPS) is 10.5. The van der Waals surface area contributed by atoms with Crippen LogP contribution in [0.15, 0.2) is 59.4 Å². The molecule has 0 aliphatic rings. The standard InChI is InChI=1S/C21H20N2O4/c1-14-4-6-15(7-5-14)18(24)13-23-21(25)11-9-17(22-23)16-8-10-19(26-2)20(12-16)27-3/h4-12H,13H2,1-3H3. The Labute approximate surface area is 157 Å². The van der Waals surface area contributed by atoms with Crippen molar-refractivity contribution in [2.45, 2.75) is 13.5 Å². The number of aromatic nitrogens is 2. The average Bonchev–Trinajstić information content (AvgIpc) is 2.69. The van der Waals surface area contributed by atoms with Crippen LogP contribution >= 0.6 is 0 Å². The lowest BCUT2D eigenvalue weighted by atomic mass is 10.1. The van der Waals surface area contributed by atoms with Gasteiger partial charge in [-0.25, -0.2) is 4.68 Å². The first-order chi connectivity index (χ1) is 13.0. The van der Waals surface area contributed by atoms with Crippen LogP contribution in [0.3, 0.4) is 0 Å². The minimum absolute atomic E-state index is 0.122. The number of ketones is 1. The summed E-state index contributed by atoms with van der Waals surface area (Å²) in [6.45, 7) is 1.83. The number of nitrogens with zero attached hydrogens (tertiary/aromatic N) is 2.